The van der Waals surface area contributed by atoms with Crippen LogP contribution in [-0.4, -0.2) is 19.3 Å². The Hall–Kier alpha value is -2.14. The average Bonchev–Trinajstić information content (AvgIpc) is 3.09. The third-order valence-corrected chi connectivity index (χ3v) is 6.17. The molecule has 0 aliphatic rings. The predicted octanol–water partition coefficient (Wildman–Crippen LogP) is 3.26. The number of sulfonamides is 1. The van der Waals surface area contributed by atoms with Crippen molar-refractivity contribution < 1.29 is 17.6 Å². The monoisotopic (exact) mass is 469 g/mol. The molecule has 1 amide bonds. The average molecular weight is 470 g/mol. The summed E-state index contributed by atoms with van der Waals surface area (Å²) in [4.78, 5) is 18.4. The van der Waals surface area contributed by atoms with Gasteiger partial charge in [0.25, 0.3) is 10.0 Å². The summed E-state index contributed by atoms with van der Waals surface area (Å²) in [5.41, 5.74) is 3.39. The summed E-state index contributed by atoms with van der Waals surface area (Å²) in [6.45, 7) is 0. The minimum Gasteiger partial charge on any atom is -0.277 e. The molecule has 2 N–H and O–H groups in total. The van der Waals surface area contributed by atoms with E-state index in [-0.39, 0.29) is 17.1 Å². The first kappa shape index (κ1) is 19.6. The fraction of sp³-hybridized carbons (Fsp3) is 0.0588. The van der Waals surface area contributed by atoms with Crippen LogP contribution in [0.5, 0.6) is 0 Å². The molecule has 10 heteroatoms. The molecule has 0 saturated carbocycles. The lowest BCUT2D eigenvalue weighted by Crippen LogP contribution is -2.42. The molecule has 2 aromatic carbocycles. The number of nitrogens with one attached hydrogen (secondary N) is 2. The normalized spacial score (nSPS) is 11.3. The van der Waals surface area contributed by atoms with E-state index < -0.39 is 15.9 Å². The Morgan fingerprint density at radius 1 is 1.11 bits per heavy atom. The molecular weight excluding hydrogens is 457 g/mol. The van der Waals surface area contributed by atoms with Crippen LogP contribution in [0.1, 0.15) is 5.69 Å². The zero-order valence-corrected chi connectivity index (χ0v) is 16.9. The maximum absolute atomic E-state index is 13.0. The molecule has 0 radical (unpaired) electrons. The highest BCUT2D eigenvalue weighted by Gasteiger charge is 2.16. The van der Waals surface area contributed by atoms with Gasteiger partial charge < -0.3 is 0 Å². The van der Waals surface area contributed by atoms with Gasteiger partial charge in [0.05, 0.1) is 17.0 Å². The highest BCUT2D eigenvalue weighted by molar-refractivity contribution is 9.10. The fourth-order valence-electron chi connectivity index (χ4n) is 2.12. The van der Waals surface area contributed by atoms with E-state index in [2.05, 4.69) is 31.2 Å². The van der Waals surface area contributed by atoms with Crippen molar-refractivity contribution in [1.29, 1.82) is 0 Å². The number of hydrogen-bond acceptors (Lipinski definition) is 5. The van der Waals surface area contributed by atoms with Gasteiger partial charge in [0, 0.05) is 15.4 Å². The molecule has 0 aliphatic heterocycles. The fourth-order valence-corrected chi connectivity index (χ4v) is 4.07. The zero-order valence-electron chi connectivity index (χ0n) is 13.6. The summed E-state index contributed by atoms with van der Waals surface area (Å²) in [5, 5.41) is 2.34. The van der Waals surface area contributed by atoms with Crippen molar-refractivity contribution in [1.82, 2.24) is 15.2 Å². The van der Waals surface area contributed by atoms with Crippen LogP contribution in [0.4, 0.5) is 4.39 Å². The summed E-state index contributed by atoms with van der Waals surface area (Å²) in [6.07, 6.45) is -0.0967. The van der Waals surface area contributed by atoms with Gasteiger partial charge in [0.2, 0.25) is 5.91 Å². The minimum atomic E-state index is -3.86. The zero-order chi connectivity index (χ0) is 19.4. The van der Waals surface area contributed by atoms with Gasteiger partial charge in [-0.25, -0.2) is 17.8 Å². The number of aromatic nitrogens is 1. The lowest BCUT2D eigenvalue weighted by atomic mass is 10.2. The molecule has 1 heterocycles. The van der Waals surface area contributed by atoms with Gasteiger partial charge in [0.15, 0.2) is 0 Å². The topological polar surface area (TPSA) is 88.2 Å². The van der Waals surface area contributed by atoms with E-state index in [0.717, 1.165) is 10.0 Å². The predicted molar refractivity (Wildman–Crippen MR) is 104 cm³/mol. The Morgan fingerprint density at radius 3 is 2.44 bits per heavy atom. The van der Waals surface area contributed by atoms with Gasteiger partial charge >= 0.3 is 0 Å². The molecule has 0 unspecified atom stereocenters. The van der Waals surface area contributed by atoms with Crippen molar-refractivity contribution in [2.45, 2.75) is 11.3 Å². The molecule has 27 heavy (non-hydrogen) atoms. The molecule has 0 spiro atoms. The Bertz CT molecular complexity index is 1050. The van der Waals surface area contributed by atoms with E-state index in [4.69, 9.17) is 0 Å². The van der Waals surface area contributed by atoms with Crippen LogP contribution < -0.4 is 10.3 Å². The summed E-state index contributed by atoms with van der Waals surface area (Å²) >= 11 is 4.54. The molecule has 140 valence electrons. The first-order chi connectivity index (χ1) is 12.8. The van der Waals surface area contributed by atoms with Gasteiger partial charge in [-0.1, -0.05) is 15.9 Å². The number of hydrogen-bond donors (Lipinski definition) is 2. The molecule has 0 bridgehead atoms. The van der Waals surface area contributed by atoms with E-state index in [9.17, 15) is 17.6 Å². The van der Waals surface area contributed by atoms with Gasteiger partial charge in [0.1, 0.15) is 10.8 Å². The van der Waals surface area contributed by atoms with Crippen LogP contribution in [-0.2, 0) is 21.2 Å². The summed E-state index contributed by atoms with van der Waals surface area (Å²) in [6, 6.07) is 11.9. The summed E-state index contributed by atoms with van der Waals surface area (Å²) < 4.78 is 38.0. The first-order valence-corrected chi connectivity index (χ1v) is 10.8. The third kappa shape index (κ3) is 5.19. The van der Waals surface area contributed by atoms with Crippen molar-refractivity contribution in [3.8, 4) is 10.6 Å². The SMILES string of the molecule is O=C(Cc1csc(-c2ccc(F)cc2)n1)NNS(=O)(=O)c1ccc(Br)cc1. The van der Waals surface area contributed by atoms with Gasteiger partial charge in [-0.05, 0) is 48.5 Å². The third-order valence-electron chi connectivity index (χ3n) is 3.43. The van der Waals surface area contributed by atoms with Crippen LogP contribution >= 0.6 is 27.3 Å². The number of rotatable bonds is 6. The Balaban J connectivity index is 1.59. The van der Waals surface area contributed by atoms with Crippen LogP contribution in [0.25, 0.3) is 10.6 Å². The first-order valence-electron chi connectivity index (χ1n) is 7.60. The number of benzene rings is 2. The maximum Gasteiger partial charge on any atom is 0.257 e. The number of amides is 1. The highest BCUT2D eigenvalue weighted by Crippen LogP contribution is 2.24. The molecular formula is C17H13BrFN3O3S2. The molecule has 3 aromatic rings. The number of thiazole rings is 1. The largest absolute Gasteiger partial charge is 0.277 e. The van der Waals surface area contributed by atoms with Crippen LogP contribution in [0.15, 0.2) is 63.3 Å². The van der Waals surface area contributed by atoms with E-state index in [1.54, 1.807) is 29.6 Å². The van der Waals surface area contributed by atoms with Crippen molar-refractivity contribution in [3.63, 3.8) is 0 Å². The van der Waals surface area contributed by atoms with Crippen molar-refractivity contribution in [2.24, 2.45) is 0 Å². The second-order valence-electron chi connectivity index (χ2n) is 5.44. The Kier molecular flexibility index (Phi) is 6.00. The molecule has 0 atom stereocenters. The van der Waals surface area contributed by atoms with Gasteiger partial charge in [-0.2, -0.15) is 0 Å². The highest BCUT2D eigenvalue weighted by atomic mass is 79.9. The number of halogens is 2. The molecule has 0 saturated heterocycles. The van der Waals surface area contributed by atoms with E-state index >= 15 is 0 Å². The second-order valence-corrected chi connectivity index (χ2v) is 8.89. The molecule has 6 nitrogen and oxygen atoms in total. The standard InChI is InChI=1S/C17H13BrFN3O3S2/c18-12-3-7-15(8-4-12)27(24,25)22-21-16(23)9-14-10-26-17(20-14)11-1-5-13(19)6-2-11/h1-8,10,22H,9H2,(H,21,23). The van der Waals surface area contributed by atoms with E-state index in [1.165, 1.54) is 35.6 Å². The maximum atomic E-state index is 13.0. The molecule has 3 rings (SSSR count). The quantitative estimate of drug-likeness (QED) is 0.542. The summed E-state index contributed by atoms with van der Waals surface area (Å²) in [7, 11) is -3.86. The number of hydrazine groups is 1. The minimum absolute atomic E-state index is 0.0262. The van der Waals surface area contributed by atoms with Crippen molar-refractivity contribution in [3.05, 3.63) is 69.9 Å². The van der Waals surface area contributed by atoms with E-state index in [1.807, 2.05) is 0 Å². The molecule has 1 aromatic heterocycles. The Morgan fingerprint density at radius 2 is 1.78 bits per heavy atom. The second kappa shape index (κ2) is 8.26. The van der Waals surface area contributed by atoms with Crippen LogP contribution in [0, 0.1) is 5.82 Å². The van der Waals surface area contributed by atoms with Crippen LogP contribution in [0.3, 0.4) is 0 Å². The van der Waals surface area contributed by atoms with Gasteiger partial charge in [-0.3, -0.25) is 10.2 Å². The van der Waals surface area contributed by atoms with Gasteiger partial charge in [-0.15, -0.1) is 16.2 Å². The number of carbonyl (C=O) groups is 1. The van der Waals surface area contributed by atoms with E-state index in [0.29, 0.717) is 10.7 Å². The lowest BCUT2D eigenvalue weighted by Gasteiger charge is -2.08. The van der Waals surface area contributed by atoms with Crippen molar-refractivity contribution in [2.75, 3.05) is 0 Å². The molecule has 0 fully saturated rings. The Labute approximate surface area is 167 Å². The molecule has 0 aliphatic carbocycles. The number of nitrogens with zero attached hydrogens (tertiary/aromatic N) is 1. The van der Waals surface area contributed by atoms with Crippen LogP contribution in [0.2, 0.25) is 0 Å². The lowest BCUT2D eigenvalue weighted by molar-refractivity contribution is -0.120. The van der Waals surface area contributed by atoms with Crippen molar-refractivity contribution >= 4 is 43.2 Å². The summed E-state index contributed by atoms with van der Waals surface area (Å²) in [5.74, 6) is -0.889. The smallest absolute Gasteiger partial charge is 0.257 e. The number of carbonyl (C=O) groups excluding carboxylic acids is 1.